The summed E-state index contributed by atoms with van der Waals surface area (Å²) >= 11 is 0. The van der Waals surface area contributed by atoms with E-state index in [1.807, 2.05) is 32.0 Å². The highest BCUT2D eigenvalue weighted by atomic mass is 32.2. The van der Waals surface area contributed by atoms with Crippen LogP contribution in [0, 0.1) is 0 Å². The van der Waals surface area contributed by atoms with Crippen molar-refractivity contribution in [2.45, 2.75) is 13.8 Å². The number of sulfone groups is 1. The molecule has 0 bridgehead atoms. The summed E-state index contributed by atoms with van der Waals surface area (Å²) < 4.78 is 38.2. The summed E-state index contributed by atoms with van der Waals surface area (Å²) in [5.41, 5.74) is 0.808. The van der Waals surface area contributed by atoms with Crippen LogP contribution in [0.3, 0.4) is 0 Å². The second-order valence-corrected chi connectivity index (χ2v) is 7.69. The third kappa shape index (κ3) is 8.91. The fourth-order valence-electron chi connectivity index (χ4n) is 2.00. The van der Waals surface area contributed by atoms with Crippen LogP contribution in [0.2, 0.25) is 0 Å². The van der Waals surface area contributed by atoms with Crippen molar-refractivity contribution in [3.8, 4) is 11.5 Å². The summed E-state index contributed by atoms with van der Waals surface area (Å²) in [5.74, 6) is 1.94. The number of methoxy groups -OCH3 is 1. The van der Waals surface area contributed by atoms with Gasteiger partial charge in [-0.15, -0.1) is 0 Å². The molecule has 8 nitrogen and oxygen atoms in total. The number of ether oxygens (including phenoxy) is 3. The molecule has 0 radical (unpaired) electrons. The number of rotatable bonds is 11. The van der Waals surface area contributed by atoms with E-state index in [0.29, 0.717) is 43.8 Å². The molecule has 0 saturated heterocycles. The molecule has 2 N–H and O–H groups in total. The minimum absolute atomic E-state index is 0.0149. The maximum Gasteiger partial charge on any atom is 0.195 e. The molecule has 0 spiro atoms. The van der Waals surface area contributed by atoms with Crippen LogP contribution in [0.4, 0.5) is 5.69 Å². The van der Waals surface area contributed by atoms with Gasteiger partial charge < -0.3 is 24.8 Å². The predicted molar refractivity (Wildman–Crippen MR) is 104 cm³/mol. The van der Waals surface area contributed by atoms with Gasteiger partial charge >= 0.3 is 0 Å². The van der Waals surface area contributed by atoms with Crippen molar-refractivity contribution in [1.82, 2.24) is 5.32 Å². The lowest BCUT2D eigenvalue weighted by Gasteiger charge is -2.14. The van der Waals surface area contributed by atoms with Gasteiger partial charge in [0.25, 0.3) is 0 Å². The Morgan fingerprint density at radius 3 is 2.58 bits per heavy atom. The van der Waals surface area contributed by atoms with E-state index in [0.717, 1.165) is 5.69 Å². The number of nitrogens with zero attached hydrogens (tertiary/aromatic N) is 1. The molecule has 0 fully saturated rings. The number of nitrogens with one attached hydrogen (secondary N) is 2. The molecule has 148 valence electrons. The normalized spacial score (nSPS) is 11.9. The third-order valence-corrected chi connectivity index (χ3v) is 4.08. The van der Waals surface area contributed by atoms with Crippen LogP contribution >= 0.6 is 0 Å². The Hall–Kier alpha value is -2.00. The molecule has 0 amide bonds. The van der Waals surface area contributed by atoms with Crippen LogP contribution in [-0.4, -0.2) is 66.4 Å². The molecule has 0 unspecified atom stereocenters. The standard InChI is InChI=1S/C17H29N3O5S/c1-5-18-17(19-9-10-24-11-12-26(4,21)22)20-14-7-8-15(25-6-2)16(13-14)23-3/h7-8,13H,5-6,9-12H2,1-4H3,(H2,18,19,20). The topological polar surface area (TPSA) is 98.3 Å². The van der Waals surface area contributed by atoms with Gasteiger partial charge in [0.1, 0.15) is 9.84 Å². The molecule has 0 saturated carbocycles. The number of benzene rings is 1. The number of anilines is 1. The molecule has 0 atom stereocenters. The molecular formula is C17H29N3O5S. The van der Waals surface area contributed by atoms with Gasteiger partial charge in [0.05, 0.1) is 39.2 Å². The van der Waals surface area contributed by atoms with E-state index in [9.17, 15) is 8.42 Å². The van der Waals surface area contributed by atoms with Crippen molar-refractivity contribution in [3.05, 3.63) is 18.2 Å². The Bertz CT molecular complexity index is 677. The van der Waals surface area contributed by atoms with E-state index in [1.165, 1.54) is 6.26 Å². The highest BCUT2D eigenvalue weighted by Crippen LogP contribution is 2.30. The lowest BCUT2D eigenvalue weighted by atomic mass is 10.2. The largest absolute Gasteiger partial charge is 0.493 e. The Kier molecular flexibility index (Phi) is 9.82. The number of hydrogen-bond acceptors (Lipinski definition) is 6. The van der Waals surface area contributed by atoms with Crippen LogP contribution in [0.1, 0.15) is 13.8 Å². The number of aliphatic imine (C=N–C) groups is 1. The molecule has 0 aliphatic carbocycles. The summed E-state index contributed by atoms with van der Waals surface area (Å²) in [6.45, 7) is 6.08. The average Bonchev–Trinajstić information content (AvgIpc) is 2.58. The molecule has 1 rings (SSSR count). The molecule has 0 aliphatic heterocycles. The first-order valence-corrected chi connectivity index (χ1v) is 10.6. The van der Waals surface area contributed by atoms with Crippen molar-refractivity contribution < 1.29 is 22.6 Å². The zero-order valence-electron chi connectivity index (χ0n) is 15.9. The van der Waals surface area contributed by atoms with Crippen LogP contribution in [-0.2, 0) is 14.6 Å². The van der Waals surface area contributed by atoms with E-state index in [4.69, 9.17) is 14.2 Å². The van der Waals surface area contributed by atoms with Gasteiger partial charge in [0.15, 0.2) is 17.5 Å². The summed E-state index contributed by atoms with van der Waals surface area (Å²) in [5, 5.41) is 6.33. The number of guanidine groups is 1. The molecule has 0 aliphatic rings. The molecular weight excluding hydrogens is 358 g/mol. The second kappa shape index (κ2) is 11.6. The first kappa shape index (κ1) is 22.0. The van der Waals surface area contributed by atoms with Gasteiger partial charge in [0, 0.05) is 24.6 Å². The average molecular weight is 388 g/mol. The highest BCUT2D eigenvalue weighted by Gasteiger charge is 2.07. The van der Waals surface area contributed by atoms with Gasteiger partial charge in [-0.3, -0.25) is 4.99 Å². The monoisotopic (exact) mass is 387 g/mol. The fourth-order valence-corrected chi connectivity index (χ4v) is 2.42. The molecule has 9 heteroatoms. The minimum atomic E-state index is -3.00. The zero-order valence-corrected chi connectivity index (χ0v) is 16.7. The molecule has 1 aromatic rings. The van der Waals surface area contributed by atoms with Crippen LogP contribution < -0.4 is 20.1 Å². The van der Waals surface area contributed by atoms with E-state index < -0.39 is 9.84 Å². The maximum absolute atomic E-state index is 11.0. The molecule has 1 aromatic carbocycles. The van der Waals surface area contributed by atoms with Gasteiger partial charge in [-0.2, -0.15) is 0 Å². The van der Waals surface area contributed by atoms with Gasteiger partial charge in [-0.1, -0.05) is 0 Å². The smallest absolute Gasteiger partial charge is 0.195 e. The van der Waals surface area contributed by atoms with Gasteiger partial charge in [-0.25, -0.2) is 8.42 Å². The summed E-state index contributed by atoms with van der Waals surface area (Å²) in [4.78, 5) is 4.40. The van der Waals surface area contributed by atoms with Crippen molar-refractivity contribution in [2.75, 3.05) is 57.3 Å². The van der Waals surface area contributed by atoms with Gasteiger partial charge in [0.2, 0.25) is 0 Å². The fraction of sp³-hybridized carbons (Fsp3) is 0.588. The Balaban J connectivity index is 2.61. The quantitative estimate of drug-likeness (QED) is 0.337. The van der Waals surface area contributed by atoms with Crippen LogP contribution in [0.5, 0.6) is 11.5 Å². The molecule has 0 heterocycles. The van der Waals surface area contributed by atoms with Crippen molar-refractivity contribution >= 4 is 21.5 Å². The zero-order chi connectivity index (χ0) is 19.4. The maximum atomic E-state index is 11.0. The third-order valence-electron chi connectivity index (χ3n) is 3.17. The second-order valence-electron chi connectivity index (χ2n) is 5.43. The van der Waals surface area contributed by atoms with Crippen molar-refractivity contribution in [3.63, 3.8) is 0 Å². The number of hydrogen-bond donors (Lipinski definition) is 2. The minimum Gasteiger partial charge on any atom is -0.493 e. The van der Waals surface area contributed by atoms with Gasteiger partial charge in [-0.05, 0) is 26.0 Å². The van der Waals surface area contributed by atoms with E-state index in [1.54, 1.807) is 7.11 Å². The SMILES string of the molecule is CCNC(=NCCOCCS(C)(=O)=O)Nc1ccc(OCC)c(OC)c1. The van der Waals surface area contributed by atoms with Crippen LogP contribution in [0.25, 0.3) is 0 Å². The lowest BCUT2D eigenvalue weighted by molar-refractivity contribution is 0.157. The first-order chi connectivity index (χ1) is 12.4. The summed E-state index contributed by atoms with van der Waals surface area (Å²) in [6.07, 6.45) is 1.19. The van der Waals surface area contributed by atoms with E-state index in [2.05, 4.69) is 15.6 Å². The van der Waals surface area contributed by atoms with E-state index >= 15 is 0 Å². The summed E-state index contributed by atoms with van der Waals surface area (Å²) in [6, 6.07) is 5.55. The Labute approximate surface area is 155 Å². The predicted octanol–water partition coefficient (Wildman–Crippen LogP) is 1.53. The first-order valence-electron chi connectivity index (χ1n) is 8.51. The lowest BCUT2D eigenvalue weighted by Crippen LogP contribution is -2.31. The Morgan fingerprint density at radius 1 is 1.19 bits per heavy atom. The molecule has 26 heavy (non-hydrogen) atoms. The van der Waals surface area contributed by atoms with E-state index in [-0.39, 0.29) is 12.4 Å². The molecule has 0 aromatic heterocycles. The Morgan fingerprint density at radius 2 is 1.96 bits per heavy atom. The summed E-state index contributed by atoms with van der Waals surface area (Å²) in [7, 11) is -1.41. The van der Waals surface area contributed by atoms with Crippen molar-refractivity contribution in [2.24, 2.45) is 4.99 Å². The highest BCUT2D eigenvalue weighted by molar-refractivity contribution is 7.90. The van der Waals surface area contributed by atoms with Crippen LogP contribution in [0.15, 0.2) is 23.2 Å². The van der Waals surface area contributed by atoms with Crippen molar-refractivity contribution in [1.29, 1.82) is 0 Å².